The molecule has 4 heteroatoms. The highest BCUT2D eigenvalue weighted by atomic mass is 16.3. The van der Waals surface area contributed by atoms with Crippen LogP contribution in [0.4, 0.5) is 34.1 Å². The van der Waals surface area contributed by atoms with Gasteiger partial charge in [-0.15, -0.1) is 6.42 Å². The molecule has 0 spiro atoms. The Kier molecular flexibility index (Phi) is 9.93. The summed E-state index contributed by atoms with van der Waals surface area (Å²) < 4.78 is 7.25. The van der Waals surface area contributed by atoms with Crippen LogP contribution in [0, 0.1) is 24.7 Å². The summed E-state index contributed by atoms with van der Waals surface area (Å²) in [6.45, 7) is 41.7. The van der Waals surface area contributed by atoms with E-state index in [4.69, 9.17) is 10.8 Å². The lowest BCUT2D eigenvalue weighted by Gasteiger charge is -2.47. The highest BCUT2D eigenvalue weighted by Crippen LogP contribution is 2.52. The predicted octanol–water partition coefficient (Wildman–Crippen LogP) is 14.3. The van der Waals surface area contributed by atoms with Gasteiger partial charge >= 0.3 is 0 Å². The lowest BCUT2D eigenvalue weighted by atomic mass is 9.35. The number of fused-ring (bicyclic) bond motifs is 5. The predicted molar refractivity (Wildman–Crippen MR) is 270 cm³/mol. The topological polar surface area (TPSA) is 19.6 Å². The minimum absolute atomic E-state index is 0.0113. The zero-order valence-electron chi connectivity index (χ0n) is 41.3. The summed E-state index contributed by atoms with van der Waals surface area (Å²) in [4.78, 5) is 5.10. The number of hydrogen-bond donors (Lipinski definition) is 0. The molecule has 3 nitrogen and oxygen atoms in total. The number of benzene rings is 4. The van der Waals surface area contributed by atoms with Gasteiger partial charge in [-0.1, -0.05) is 147 Å². The number of nitrogens with zero attached hydrogens (tertiary/aromatic N) is 2. The molecule has 0 saturated heterocycles. The molecule has 1 aliphatic carbocycles. The van der Waals surface area contributed by atoms with Crippen molar-refractivity contribution in [1.29, 1.82) is 0 Å². The molecule has 0 N–H and O–H groups in total. The monoisotopic (exact) mass is 823 g/mol. The molecule has 8 rings (SSSR count). The van der Waals surface area contributed by atoms with Gasteiger partial charge in [0.1, 0.15) is 5.66 Å². The van der Waals surface area contributed by atoms with Crippen LogP contribution in [-0.2, 0) is 27.1 Å². The van der Waals surface area contributed by atoms with Gasteiger partial charge in [0, 0.05) is 28.4 Å². The third-order valence-electron chi connectivity index (χ3n) is 14.7. The second kappa shape index (κ2) is 14.1. The Balaban J connectivity index is 1.57. The summed E-state index contributed by atoms with van der Waals surface area (Å²) in [7, 11) is 0. The number of furan rings is 1. The van der Waals surface area contributed by atoms with E-state index in [1.807, 2.05) is 0 Å². The maximum Gasteiger partial charge on any atom is 0.297 e. The fraction of sp³-hybridized carbons (Fsp3) is 0.448. The van der Waals surface area contributed by atoms with Gasteiger partial charge in [0.05, 0.1) is 11.3 Å². The van der Waals surface area contributed by atoms with Crippen molar-refractivity contribution in [2.75, 3.05) is 9.80 Å². The normalized spacial score (nSPS) is 17.0. The number of rotatable bonds is 3. The van der Waals surface area contributed by atoms with Crippen molar-refractivity contribution >= 4 is 63.5 Å². The van der Waals surface area contributed by atoms with E-state index < -0.39 is 0 Å². The summed E-state index contributed by atoms with van der Waals surface area (Å²) in [5.41, 5.74) is 20.5. The Bertz CT molecular complexity index is 2700. The van der Waals surface area contributed by atoms with Gasteiger partial charge in [-0.3, -0.25) is 0 Å². The Morgan fingerprint density at radius 2 is 1.19 bits per heavy atom. The molecular formula is C58H71BN2O. The molecule has 0 atom stereocenters. The molecule has 0 amide bonds. The van der Waals surface area contributed by atoms with Crippen LogP contribution < -0.4 is 26.4 Å². The van der Waals surface area contributed by atoms with Crippen LogP contribution in [0.2, 0.25) is 0 Å². The van der Waals surface area contributed by atoms with Crippen molar-refractivity contribution in [2.24, 2.45) is 5.41 Å². The fourth-order valence-corrected chi connectivity index (χ4v) is 10.0. The number of aryl methyl sites for hydroxylation is 1. The second-order valence-corrected chi connectivity index (χ2v) is 24.3. The zero-order chi connectivity index (χ0) is 45.4. The van der Waals surface area contributed by atoms with E-state index in [1.54, 1.807) is 0 Å². The van der Waals surface area contributed by atoms with Gasteiger partial charge < -0.3 is 14.2 Å². The summed E-state index contributed by atoms with van der Waals surface area (Å²) in [6, 6.07) is 26.5. The molecule has 1 aromatic heterocycles. The second-order valence-electron chi connectivity index (χ2n) is 24.3. The minimum Gasteiger partial charge on any atom is -0.459 e. The van der Waals surface area contributed by atoms with Crippen LogP contribution >= 0.6 is 0 Å². The summed E-state index contributed by atoms with van der Waals surface area (Å²) in [5, 5.41) is 0. The van der Waals surface area contributed by atoms with E-state index in [1.165, 1.54) is 72.6 Å². The maximum atomic E-state index is 7.25. The van der Waals surface area contributed by atoms with Crippen molar-refractivity contribution in [2.45, 2.75) is 165 Å². The first-order valence-corrected chi connectivity index (χ1v) is 23.1. The standard InChI is InChI=1S/C58H71BN2O/c1-20-49-41(30-36(3)53(4,5)6)51-52(62-49)59-44-33-42-43(58(18,19)28-27-57(42,16)17)34-46(44)61(45-26-23-38(29-35(45)2)55(10,11)12)48-32-39(56(13,14)15)31-47(50(48)59)60(51)40-24-21-37(22-25-40)54(7,8)9/h1,21-26,29-34H,27-28H2,2-19H3/b36-30+. The van der Waals surface area contributed by atoms with Gasteiger partial charge in [-0.05, 0) is 152 Å². The van der Waals surface area contributed by atoms with Crippen LogP contribution in [0.3, 0.4) is 0 Å². The SMILES string of the molecule is C#Cc1oc2c(c1/C=C(\C)C(C)(C)C)N(c1ccc(C(C)(C)C)cc1)c1cc(C(C)(C)C)cc3c1B2c1cc2c(cc1N3c1ccc(C(C)(C)C)cc1C)C(C)(C)CCC2(C)C. The fourth-order valence-electron chi connectivity index (χ4n) is 10.0. The molecule has 62 heavy (non-hydrogen) atoms. The van der Waals surface area contributed by atoms with E-state index in [9.17, 15) is 0 Å². The van der Waals surface area contributed by atoms with E-state index in [2.05, 4.69) is 213 Å². The van der Waals surface area contributed by atoms with Crippen LogP contribution in [0.1, 0.15) is 175 Å². The first kappa shape index (κ1) is 43.8. The molecule has 2 aliphatic heterocycles. The van der Waals surface area contributed by atoms with Gasteiger partial charge in [0.15, 0.2) is 5.76 Å². The maximum absolute atomic E-state index is 7.25. The summed E-state index contributed by atoms with van der Waals surface area (Å²) >= 11 is 0. The van der Waals surface area contributed by atoms with E-state index >= 15 is 0 Å². The molecule has 322 valence electrons. The zero-order valence-corrected chi connectivity index (χ0v) is 41.3. The average Bonchev–Trinajstić information content (AvgIpc) is 3.52. The number of terminal acetylenes is 1. The van der Waals surface area contributed by atoms with Crippen LogP contribution in [0.15, 0.2) is 76.7 Å². The molecule has 0 fully saturated rings. The lowest BCUT2D eigenvalue weighted by Crippen LogP contribution is -2.61. The molecule has 0 saturated carbocycles. The highest BCUT2D eigenvalue weighted by molar-refractivity contribution is 6.99. The van der Waals surface area contributed by atoms with E-state index in [0.717, 1.165) is 35.4 Å². The first-order valence-electron chi connectivity index (χ1n) is 23.1. The summed E-state index contributed by atoms with van der Waals surface area (Å²) in [5.74, 6) is 3.64. The smallest absolute Gasteiger partial charge is 0.297 e. The molecule has 0 unspecified atom stereocenters. The Morgan fingerprint density at radius 3 is 1.71 bits per heavy atom. The lowest BCUT2D eigenvalue weighted by molar-refractivity contribution is 0.332. The van der Waals surface area contributed by atoms with Gasteiger partial charge in [0.2, 0.25) is 0 Å². The van der Waals surface area contributed by atoms with Crippen molar-refractivity contribution in [3.05, 3.63) is 117 Å². The van der Waals surface area contributed by atoms with Gasteiger partial charge in [0.25, 0.3) is 6.71 Å². The third kappa shape index (κ3) is 7.07. The molecule has 4 aromatic carbocycles. The van der Waals surface area contributed by atoms with E-state index in [-0.39, 0.29) is 39.2 Å². The molecule has 0 bridgehead atoms. The van der Waals surface area contributed by atoms with Crippen LogP contribution in [0.5, 0.6) is 0 Å². The number of hydrogen-bond acceptors (Lipinski definition) is 3. The summed E-state index contributed by atoms with van der Waals surface area (Å²) in [6.07, 6.45) is 11.1. The highest BCUT2D eigenvalue weighted by Gasteiger charge is 2.50. The van der Waals surface area contributed by atoms with Crippen LogP contribution in [-0.4, -0.2) is 6.71 Å². The van der Waals surface area contributed by atoms with Crippen LogP contribution in [0.25, 0.3) is 6.08 Å². The quantitative estimate of drug-likeness (QED) is 0.131. The van der Waals surface area contributed by atoms with Crippen molar-refractivity contribution in [3.63, 3.8) is 0 Å². The Morgan fingerprint density at radius 1 is 0.661 bits per heavy atom. The van der Waals surface area contributed by atoms with Crippen molar-refractivity contribution in [3.8, 4) is 12.3 Å². The minimum atomic E-state index is -0.190. The Hall–Kier alpha value is -4.88. The molecule has 0 radical (unpaired) electrons. The molecular weight excluding hydrogens is 751 g/mol. The number of anilines is 6. The third-order valence-corrected chi connectivity index (χ3v) is 14.7. The largest absolute Gasteiger partial charge is 0.459 e. The van der Waals surface area contributed by atoms with E-state index in [0.29, 0.717) is 5.76 Å². The number of allylic oxidation sites excluding steroid dienone is 1. The Labute approximate surface area is 375 Å². The van der Waals surface area contributed by atoms with Crippen molar-refractivity contribution < 1.29 is 4.42 Å². The van der Waals surface area contributed by atoms with Crippen molar-refractivity contribution in [1.82, 2.24) is 0 Å². The average molecular weight is 823 g/mol. The molecule has 3 heterocycles. The molecule has 3 aliphatic rings. The van der Waals surface area contributed by atoms with Gasteiger partial charge in [-0.25, -0.2) is 0 Å². The molecule has 5 aromatic rings. The van der Waals surface area contributed by atoms with Gasteiger partial charge in [-0.2, -0.15) is 0 Å². The first-order chi connectivity index (χ1) is 28.5.